The zero-order valence-corrected chi connectivity index (χ0v) is 17.8. The van der Waals surface area contributed by atoms with E-state index in [0.717, 1.165) is 0 Å². The zero-order valence-electron chi connectivity index (χ0n) is 17.0. The number of nitrogens with zero attached hydrogens (tertiary/aromatic N) is 1. The lowest BCUT2D eigenvalue weighted by atomic mass is 10.2. The number of hydrogen-bond donors (Lipinski definition) is 1. The van der Waals surface area contributed by atoms with Gasteiger partial charge < -0.3 is 10.1 Å². The number of carbonyl (C=O) groups is 1. The summed E-state index contributed by atoms with van der Waals surface area (Å²) in [6.07, 6.45) is -1.94. The van der Waals surface area contributed by atoms with Crippen molar-refractivity contribution in [3.8, 4) is 5.75 Å². The van der Waals surface area contributed by atoms with Gasteiger partial charge in [0, 0.05) is 25.7 Å². The summed E-state index contributed by atoms with van der Waals surface area (Å²) < 4.78 is 66.5. The van der Waals surface area contributed by atoms with Gasteiger partial charge in [0.1, 0.15) is 5.75 Å². The molecule has 2 rings (SSSR count). The maximum Gasteiger partial charge on any atom is 0.573 e. The van der Waals surface area contributed by atoms with Gasteiger partial charge in [-0.05, 0) is 41.5 Å². The van der Waals surface area contributed by atoms with Crippen molar-refractivity contribution in [3.63, 3.8) is 0 Å². The van der Waals surface area contributed by atoms with Gasteiger partial charge in [0.25, 0.3) is 0 Å². The molecule has 0 aromatic heterocycles. The number of carbonyl (C=O) groups excluding carboxylic acids is 1. The number of benzene rings is 2. The molecule has 6 nitrogen and oxygen atoms in total. The number of alkyl halides is 3. The van der Waals surface area contributed by atoms with Crippen LogP contribution in [0.4, 0.5) is 13.2 Å². The predicted octanol–water partition coefficient (Wildman–Crippen LogP) is 3.95. The van der Waals surface area contributed by atoms with Crippen LogP contribution in [0.3, 0.4) is 0 Å². The highest BCUT2D eigenvalue weighted by atomic mass is 32.2. The topological polar surface area (TPSA) is 75.7 Å². The number of nitrogens with one attached hydrogen (secondary N) is 1. The van der Waals surface area contributed by atoms with Crippen LogP contribution in [0.2, 0.25) is 0 Å². The summed E-state index contributed by atoms with van der Waals surface area (Å²) >= 11 is 0. The van der Waals surface area contributed by atoms with Crippen molar-refractivity contribution in [3.05, 3.63) is 65.7 Å². The van der Waals surface area contributed by atoms with Crippen molar-refractivity contribution < 1.29 is 31.1 Å². The average Bonchev–Trinajstić information content (AvgIpc) is 2.71. The van der Waals surface area contributed by atoms with E-state index in [1.165, 1.54) is 52.9 Å². The summed E-state index contributed by atoms with van der Waals surface area (Å²) in [5, 5.41) is 2.61. The normalized spacial score (nSPS) is 12.3. The van der Waals surface area contributed by atoms with Gasteiger partial charge in [0.15, 0.2) is 0 Å². The first-order valence-corrected chi connectivity index (χ1v) is 10.9. The maximum atomic E-state index is 12.5. The van der Waals surface area contributed by atoms with E-state index in [1.807, 2.05) is 0 Å². The lowest BCUT2D eigenvalue weighted by molar-refractivity contribution is -0.274. The molecule has 0 fully saturated rings. The van der Waals surface area contributed by atoms with E-state index in [-0.39, 0.29) is 17.2 Å². The third-order valence-corrected chi connectivity index (χ3v) is 6.34. The Bertz CT molecular complexity index is 998. The number of rotatable bonds is 9. The third kappa shape index (κ3) is 7.41. The second-order valence-corrected chi connectivity index (χ2v) is 8.34. The Morgan fingerprint density at radius 3 is 2.13 bits per heavy atom. The Balaban J connectivity index is 1.92. The highest BCUT2D eigenvalue weighted by molar-refractivity contribution is 7.89. The van der Waals surface area contributed by atoms with Crippen molar-refractivity contribution in [1.29, 1.82) is 0 Å². The molecule has 0 aliphatic heterocycles. The highest BCUT2D eigenvalue weighted by Crippen LogP contribution is 2.22. The smallest absolute Gasteiger partial charge is 0.406 e. The van der Waals surface area contributed by atoms with Gasteiger partial charge in [0.2, 0.25) is 15.9 Å². The monoisotopic (exact) mass is 456 g/mol. The first kappa shape index (κ1) is 24.4. The van der Waals surface area contributed by atoms with Gasteiger partial charge in [-0.1, -0.05) is 38.1 Å². The summed E-state index contributed by atoms with van der Waals surface area (Å²) in [6.45, 7) is 4.40. The predicted molar refractivity (Wildman–Crippen MR) is 111 cm³/mol. The molecule has 0 bridgehead atoms. The standard InChI is InChI=1S/C21H23F3N2O4S/c1-3-26(4-2)31(28,29)19-12-7-16(8-13-19)9-14-20(27)25-15-17-5-10-18(11-6-17)30-21(22,23)24/h5-14H,3-4,15H2,1-2H3,(H,25,27)/b14-9+. The van der Waals surface area contributed by atoms with Crippen LogP contribution in [0.1, 0.15) is 25.0 Å². The van der Waals surface area contributed by atoms with Gasteiger partial charge in [-0.3, -0.25) is 4.79 Å². The molecule has 0 aliphatic rings. The second kappa shape index (κ2) is 10.5. The molecule has 1 amide bonds. The van der Waals surface area contributed by atoms with Crippen molar-refractivity contribution in [1.82, 2.24) is 9.62 Å². The van der Waals surface area contributed by atoms with Gasteiger partial charge >= 0.3 is 6.36 Å². The molecule has 168 valence electrons. The van der Waals surface area contributed by atoms with Crippen LogP contribution in [-0.2, 0) is 21.4 Å². The van der Waals surface area contributed by atoms with E-state index in [1.54, 1.807) is 26.0 Å². The number of hydrogen-bond acceptors (Lipinski definition) is 4. The number of sulfonamides is 1. The van der Waals surface area contributed by atoms with Crippen molar-refractivity contribution in [2.24, 2.45) is 0 Å². The molecule has 2 aromatic carbocycles. The zero-order chi connectivity index (χ0) is 23.1. The summed E-state index contributed by atoms with van der Waals surface area (Å²) in [4.78, 5) is 12.1. The van der Waals surface area contributed by atoms with E-state index in [4.69, 9.17) is 0 Å². The maximum absolute atomic E-state index is 12.5. The molecule has 0 radical (unpaired) electrons. The van der Waals surface area contributed by atoms with Gasteiger partial charge in [-0.15, -0.1) is 13.2 Å². The average molecular weight is 456 g/mol. The molecule has 2 aromatic rings. The second-order valence-electron chi connectivity index (χ2n) is 6.40. The molecule has 0 atom stereocenters. The van der Waals surface area contributed by atoms with E-state index in [2.05, 4.69) is 10.1 Å². The van der Waals surface area contributed by atoms with E-state index in [0.29, 0.717) is 24.2 Å². The summed E-state index contributed by atoms with van der Waals surface area (Å²) in [5.41, 5.74) is 1.24. The Hall–Kier alpha value is -2.85. The van der Waals surface area contributed by atoms with Crippen molar-refractivity contribution in [2.75, 3.05) is 13.1 Å². The lowest BCUT2D eigenvalue weighted by Gasteiger charge is -2.18. The molecule has 0 saturated heterocycles. The molecular weight excluding hydrogens is 433 g/mol. The van der Waals surface area contributed by atoms with Crippen LogP contribution in [0.25, 0.3) is 6.08 Å². The van der Waals surface area contributed by atoms with Gasteiger partial charge in [-0.25, -0.2) is 8.42 Å². The molecule has 0 saturated carbocycles. The number of halogens is 3. The lowest BCUT2D eigenvalue weighted by Crippen LogP contribution is -2.30. The summed E-state index contributed by atoms with van der Waals surface area (Å²) in [5.74, 6) is -0.746. The van der Waals surface area contributed by atoms with Crippen LogP contribution in [0, 0.1) is 0 Å². The summed E-state index contributed by atoms with van der Waals surface area (Å²) in [7, 11) is -3.54. The molecule has 0 heterocycles. The Morgan fingerprint density at radius 2 is 1.61 bits per heavy atom. The van der Waals surface area contributed by atoms with Crippen LogP contribution >= 0.6 is 0 Å². The van der Waals surface area contributed by atoms with Gasteiger partial charge in [0.05, 0.1) is 4.90 Å². The van der Waals surface area contributed by atoms with E-state index < -0.39 is 22.3 Å². The SMILES string of the molecule is CCN(CC)S(=O)(=O)c1ccc(/C=C/C(=O)NCc2ccc(OC(F)(F)F)cc2)cc1. The minimum atomic E-state index is -4.76. The molecule has 0 spiro atoms. The fourth-order valence-corrected chi connectivity index (χ4v) is 4.15. The fraction of sp³-hybridized carbons (Fsp3) is 0.286. The van der Waals surface area contributed by atoms with Crippen molar-refractivity contribution >= 4 is 22.0 Å². The Labute approximate surface area is 179 Å². The Morgan fingerprint density at radius 1 is 1.03 bits per heavy atom. The van der Waals surface area contributed by atoms with Crippen LogP contribution in [-0.4, -0.2) is 38.1 Å². The molecule has 31 heavy (non-hydrogen) atoms. The van der Waals surface area contributed by atoms with Crippen LogP contribution < -0.4 is 10.1 Å². The quantitative estimate of drug-likeness (QED) is 0.580. The van der Waals surface area contributed by atoms with E-state index in [9.17, 15) is 26.4 Å². The molecule has 1 N–H and O–H groups in total. The van der Waals surface area contributed by atoms with Crippen LogP contribution in [0.15, 0.2) is 59.5 Å². The van der Waals surface area contributed by atoms with Gasteiger partial charge in [-0.2, -0.15) is 4.31 Å². The Kier molecular flexibility index (Phi) is 8.23. The molecule has 0 aliphatic carbocycles. The molecule has 10 heteroatoms. The highest BCUT2D eigenvalue weighted by Gasteiger charge is 2.30. The first-order valence-electron chi connectivity index (χ1n) is 9.46. The summed E-state index contributed by atoms with van der Waals surface area (Å²) in [6, 6.07) is 11.3. The van der Waals surface area contributed by atoms with Crippen molar-refractivity contribution in [2.45, 2.75) is 31.7 Å². The minimum absolute atomic E-state index is 0.122. The molecule has 0 unspecified atom stereocenters. The largest absolute Gasteiger partial charge is 0.573 e. The number of amides is 1. The fourth-order valence-electron chi connectivity index (χ4n) is 2.69. The molecular formula is C21H23F3N2O4S. The number of ether oxygens (including phenoxy) is 1. The minimum Gasteiger partial charge on any atom is -0.406 e. The van der Waals surface area contributed by atoms with E-state index >= 15 is 0 Å². The van der Waals surface area contributed by atoms with Crippen LogP contribution in [0.5, 0.6) is 5.75 Å². The first-order chi connectivity index (χ1) is 14.5. The third-order valence-electron chi connectivity index (χ3n) is 4.27.